The van der Waals surface area contributed by atoms with Gasteiger partial charge in [0.05, 0.1) is 0 Å². The van der Waals surface area contributed by atoms with E-state index in [0.29, 0.717) is 11.5 Å². The number of aryl methyl sites for hydroxylation is 1. The molecule has 0 atom stereocenters. The van der Waals surface area contributed by atoms with E-state index in [1.807, 2.05) is 24.4 Å². The molecule has 258 valence electrons. The second-order valence-corrected chi connectivity index (χ2v) is 17.5. The van der Waals surface area contributed by atoms with Crippen molar-refractivity contribution >= 4 is 32.8 Å². The summed E-state index contributed by atoms with van der Waals surface area (Å²) in [4.78, 5) is 4.97. The minimum absolute atomic E-state index is 0.00753. The van der Waals surface area contributed by atoms with E-state index >= 15 is 0 Å². The van der Waals surface area contributed by atoms with Crippen molar-refractivity contribution in [1.29, 1.82) is 0 Å². The average Bonchev–Trinajstić information content (AvgIpc) is 3.56. The number of imidazole rings is 1. The van der Waals surface area contributed by atoms with Crippen LogP contribution in [0.25, 0.3) is 44.3 Å². The van der Waals surface area contributed by atoms with Gasteiger partial charge in [0.2, 0.25) is 0 Å². The zero-order valence-electron chi connectivity index (χ0n) is 30.6. The van der Waals surface area contributed by atoms with Gasteiger partial charge in [-0.15, -0.1) is 0 Å². The van der Waals surface area contributed by atoms with Gasteiger partial charge in [-0.2, -0.15) is 0 Å². The Morgan fingerprint density at radius 2 is 1.38 bits per heavy atom. The number of ether oxygens (including phenoxy) is 1. The molecule has 0 aliphatic heterocycles. The standard InChI is InChI=1S/C44H44N4O.Pt/c1-41(2,3)28-20-21-45-40(22-28)48-38-24-31(49-30-15-13-14-29(23-30)47-27-46(10)36-16-11-12-17-37(36)47)18-19-32(38)33-25-34-35(26-39(33)48)43(6,7)44(8,9)42(34,4)5;/h11-22,25-26H,1-10H3;/q-2;. The Balaban J connectivity index is 1.32. The molecule has 3 aromatic heterocycles. The van der Waals surface area contributed by atoms with E-state index in [4.69, 9.17) is 9.72 Å². The van der Waals surface area contributed by atoms with Crippen molar-refractivity contribution in [3.63, 3.8) is 0 Å². The Morgan fingerprint density at radius 3 is 2.10 bits per heavy atom. The van der Waals surface area contributed by atoms with Crippen molar-refractivity contribution in [2.24, 2.45) is 12.5 Å². The third-order valence-corrected chi connectivity index (χ3v) is 13.5. The van der Waals surface area contributed by atoms with Crippen LogP contribution >= 0.6 is 0 Å². The molecule has 7 aromatic rings. The molecule has 0 N–H and O–H groups in total. The van der Waals surface area contributed by atoms with E-state index in [0.717, 1.165) is 42.8 Å². The van der Waals surface area contributed by atoms with Gasteiger partial charge >= 0.3 is 194 Å². The molecule has 3 heterocycles. The van der Waals surface area contributed by atoms with Crippen LogP contribution in [0.2, 0.25) is 0 Å². The number of hydrogen-bond donors (Lipinski definition) is 0. The fraction of sp³-hybridized carbons (Fsp3) is 0.318. The summed E-state index contributed by atoms with van der Waals surface area (Å²) < 4.78 is 14.4. The summed E-state index contributed by atoms with van der Waals surface area (Å²) in [5.41, 5.74) is 9.36. The zero-order valence-corrected chi connectivity index (χ0v) is 32.9. The SMILES string of the molecule is Cn1[c](=[Pt])n(-c2[c-]c(Oc3[c-]c4c(cc3)c3cc5c(cc3n4-c3cc(C(C)(C)C)ccn3)C(C)(C)C(C)(C)C5(C)C)ccc2)c2ccccc21. The average molecular weight is 840 g/mol. The van der Waals surface area contributed by atoms with Crippen molar-refractivity contribution in [2.45, 2.75) is 78.6 Å². The van der Waals surface area contributed by atoms with Gasteiger partial charge in [0.15, 0.2) is 0 Å². The van der Waals surface area contributed by atoms with E-state index in [9.17, 15) is 0 Å². The number of rotatable bonds is 4. The number of nitrogens with zero attached hydrogens (tertiary/aromatic N) is 4. The first-order valence-electron chi connectivity index (χ1n) is 17.4. The number of benzene rings is 4. The van der Waals surface area contributed by atoms with Gasteiger partial charge < -0.3 is 0 Å². The fourth-order valence-electron chi connectivity index (χ4n) is 8.00. The Hall–Kier alpha value is -4.21. The molecule has 0 spiro atoms. The molecular formula is C44H44N4OPt-2. The summed E-state index contributed by atoms with van der Waals surface area (Å²) in [5, 5.41) is 2.34. The van der Waals surface area contributed by atoms with Crippen LogP contribution in [0.3, 0.4) is 0 Å². The van der Waals surface area contributed by atoms with E-state index in [-0.39, 0.29) is 21.7 Å². The van der Waals surface area contributed by atoms with Gasteiger partial charge in [-0.05, 0) is 44.4 Å². The van der Waals surface area contributed by atoms with Gasteiger partial charge in [-0.25, -0.2) is 0 Å². The Morgan fingerprint density at radius 1 is 0.700 bits per heavy atom. The zero-order chi connectivity index (χ0) is 35.5. The number of aromatic nitrogens is 4. The summed E-state index contributed by atoms with van der Waals surface area (Å²) in [6.07, 6.45) is 1.93. The third-order valence-electron chi connectivity index (χ3n) is 12.2. The summed E-state index contributed by atoms with van der Waals surface area (Å²) in [6, 6.07) is 35.2. The van der Waals surface area contributed by atoms with Gasteiger partial charge in [0.25, 0.3) is 0 Å². The van der Waals surface area contributed by atoms with E-state index in [2.05, 4.69) is 175 Å². The van der Waals surface area contributed by atoms with Gasteiger partial charge in [-0.3, -0.25) is 0 Å². The number of fused-ring (bicyclic) bond motifs is 5. The second-order valence-electron chi connectivity index (χ2n) is 16.5. The maximum atomic E-state index is 6.58. The van der Waals surface area contributed by atoms with Crippen molar-refractivity contribution in [3.8, 4) is 23.0 Å². The summed E-state index contributed by atoms with van der Waals surface area (Å²) in [5.74, 6) is 2.15. The van der Waals surface area contributed by atoms with Gasteiger partial charge in [0.1, 0.15) is 0 Å². The van der Waals surface area contributed by atoms with Crippen LogP contribution in [0.15, 0.2) is 85.1 Å². The van der Waals surface area contributed by atoms with Crippen LogP contribution in [0.5, 0.6) is 11.5 Å². The van der Waals surface area contributed by atoms with Crippen LogP contribution < -0.4 is 4.74 Å². The van der Waals surface area contributed by atoms with Crippen LogP contribution in [-0.4, -0.2) is 18.7 Å². The summed E-state index contributed by atoms with van der Waals surface area (Å²) in [6.45, 7) is 21.2. The van der Waals surface area contributed by atoms with E-state index < -0.39 is 0 Å². The van der Waals surface area contributed by atoms with E-state index in [1.54, 1.807) is 0 Å². The molecule has 1 aliphatic carbocycles. The van der Waals surface area contributed by atoms with Crippen LogP contribution in [-0.2, 0) is 42.6 Å². The molecule has 0 amide bonds. The molecule has 0 saturated carbocycles. The molecule has 0 radical (unpaired) electrons. The first-order valence-corrected chi connectivity index (χ1v) is 18.5. The predicted octanol–water partition coefficient (Wildman–Crippen LogP) is 10.8. The number of para-hydroxylation sites is 2. The quantitative estimate of drug-likeness (QED) is 0.166. The summed E-state index contributed by atoms with van der Waals surface area (Å²) >= 11 is 2.38. The number of pyridine rings is 1. The van der Waals surface area contributed by atoms with Crippen LogP contribution in [0.1, 0.15) is 79.0 Å². The second kappa shape index (κ2) is 10.9. The van der Waals surface area contributed by atoms with Crippen molar-refractivity contribution in [3.05, 3.63) is 118 Å². The normalized spacial score (nSPS) is 16.4. The summed E-state index contributed by atoms with van der Waals surface area (Å²) in [7, 11) is 2.09. The third kappa shape index (κ3) is 4.62. The molecule has 5 nitrogen and oxygen atoms in total. The van der Waals surface area contributed by atoms with Gasteiger partial charge in [-0.1, -0.05) is 62.3 Å². The Kier molecular flexibility index (Phi) is 7.18. The molecule has 6 heteroatoms. The fourth-order valence-corrected chi connectivity index (χ4v) is 8.82. The molecular weight excluding hydrogens is 796 g/mol. The maximum absolute atomic E-state index is 6.58. The van der Waals surface area contributed by atoms with E-state index in [1.165, 1.54) is 22.1 Å². The van der Waals surface area contributed by atoms with Gasteiger partial charge in [0, 0.05) is 6.20 Å². The molecule has 8 rings (SSSR count). The number of hydrogen-bond acceptors (Lipinski definition) is 2. The Labute approximate surface area is 306 Å². The molecule has 0 fully saturated rings. The molecule has 1 aliphatic rings. The molecule has 0 saturated heterocycles. The molecule has 4 aromatic carbocycles. The monoisotopic (exact) mass is 839 g/mol. The molecule has 0 unspecified atom stereocenters. The first kappa shape index (κ1) is 33.0. The van der Waals surface area contributed by atoms with Crippen molar-refractivity contribution < 1.29 is 24.1 Å². The van der Waals surface area contributed by atoms with Crippen LogP contribution in [0.4, 0.5) is 0 Å². The van der Waals surface area contributed by atoms with Crippen molar-refractivity contribution in [2.75, 3.05) is 0 Å². The topological polar surface area (TPSA) is 36.9 Å². The Bertz CT molecular complexity index is 2570. The molecule has 0 bridgehead atoms. The first-order chi connectivity index (χ1) is 23.5. The molecule has 50 heavy (non-hydrogen) atoms. The van der Waals surface area contributed by atoms with Crippen LogP contribution in [0, 0.1) is 21.4 Å². The minimum atomic E-state index is -0.0270. The predicted molar refractivity (Wildman–Crippen MR) is 200 cm³/mol. The van der Waals surface area contributed by atoms with Crippen molar-refractivity contribution in [1.82, 2.24) is 18.7 Å².